The molecular formula is C13H17ClF2. The molecule has 0 heterocycles. The lowest BCUT2D eigenvalue weighted by Crippen LogP contribution is -2.24. The van der Waals surface area contributed by atoms with Crippen molar-refractivity contribution in [1.82, 2.24) is 0 Å². The van der Waals surface area contributed by atoms with E-state index in [0.29, 0.717) is 17.9 Å². The summed E-state index contributed by atoms with van der Waals surface area (Å²) in [5.74, 6) is -0.533. The minimum absolute atomic E-state index is 0.0538. The maximum atomic E-state index is 13.0. The molecular weight excluding hydrogens is 230 g/mol. The summed E-state index contributed by atoms with van der Waals surface area (Å²) in [5, 5.41) is 0. The summed E-state index contributed by atoms with van der Waals surface area (Å²) in [6.45, 7) is 4.11. The fourth-order valence-corrected chi connectivity index (χ4v) is 2.35. The second-order valence-electron chi connectivity index (χ2n) is 4.30. The van der Waals surface area contributed by atoms with Crippen LogP contribution in [0.15, 0.2) is 18.2 Å². The second-order valence-corrected chi connectivity index (χ2v) is 4.56. The van der Waals surface area contributed by atoms with Crippen LogP contribution in [0.2, 0.25) is 0 Å². The third-order valence-corrected chi connectivity index (χ3v) is 3.85. The van der Waals surface area contributed by atoms with Gasteiger partial charge < -0.3 is 0 Å². The summed E-state index contributed by atoms with van der Waals surface area (Å²) in [4.78, 5) is 0. The largest absolute Gasteiger partial charge is 0.207 e. The standard InChI is InChI=1S/C13H17ClF2/c1-3-13(4-2,9-14)8-10-5-11(15)7-12(16)6-10/h5-7H,3-4,8-9H2,1-2H3. The Labute approximate surface area is 101 Å². The number of hydrogen-bond acceptors (Lipinski definition) is 0. The van der Waals surface area contributed by atoms with Crippen LogP contribution >= 0.6 is 11.6 Å². The van der Waals surface area contributed by atoms with E-state index in [1.165, 1.54) is 12.1 Å². The summed E-state index contributed by atoms with van der Waals surface area (Å²) in [6, 6.07) is 3.66. The summed E-state index contributed by atoms with van der Waals surface area (Å²) in [7, 11) is 0. The van der Waals surface area contributed by atoms with E-state index in [9.17, 15) is 8.78 Å². The van der Waals surface area contributed by atoms with Gasteiger partial charge in [0.25, 0.3) is 0 Å². The van der Waals surface area contributed by atoms with Gasteiger partial charge in [-0.3, -0.25) is 0 Å². The van der Waals surface area contributed by atoms with E-state index in [1.807, 2.05) is 0 Å². The van der Waals surface area contributed by atoms with Crippen LogP contribution in [0.25, 0.3) is 0 Å². The molecule has 1 rings (SSSR count). The van der Waals surface area contributed by atoms with Crippen molar-refractivity contribution < 1.29 is 8.78 Å². The minimum Gasteiger partial charge on any atom is -0.207 e. The molecule has 0 N–H and O–H groups in total. The van der Waals surface area contributed by atoms with Crippen molar-refractivity contribution in [2.45, 2.75) is 33.1 Å². The first-order valence-corrected chi connectivity index (χ1v) is 6.09. The first-order valence-electron chi connectivity index (χ1n) is 5.56. The maximum Gasteiger partial charge on any atom is 0.126 e. The molecule has 1 aromatic rings. The van der Waals surface area contributed by atoms with E-state index in [0.717, 1.165) is 18.9 Å². The Bertz CT molecular complexity index is 317. The van der Waals surface area contributed by atoms with Crippen LogP contribution in [0.4, 0.5) is 8.78 Å². The number of hydrogen-bond donors (Lipinski definition) is 0. The Balaban J connectivity index is 2.93. The molecule has 1 aromatic carbocycles. The first kappa shape index (κ1) is 13.4. The summed E-state index contributed by atoms with van der Waals surface area (Å²) >= 11 is 5.97. The van der Waals surface area contributed by atoms with Crippen LogP contribution in [0.5, 0.6) is 0 Å². The van der Waals surface area contributed by atoms with E-state index in [-0.39, 0.29) is 5.41 Å². The Morgan fingerprint density at radius 3 is 1.94 bits per heavy atom. The van der Waals surface area contributed by atoms with Gasteiger partial charge in [-0.15, -0.1) is 11.6 Å². The quantitative estimate of drug-likeness (QED) is 0.669. The number of alkyl halides is 1. The highest BCUT2D eigenvalue weighted by atomic mass is 35.5. The van der Waals surface area contributed by atoms with Crippen LogP contribution in [-0.2, 0) is 6.42 Å². The Hall–Kier alpha value is -0.630. The van der Waals surface area contributed by atoms with Gasteiger partial charge in [0.05, 0.1) is 0 Å². The SMILES string of the molecule is CCC(CC)(CCl)Cc1cc(F)cc(F)c1. The van der Waals surface area contributed by atoms with Crippen molar-refractivity contribution in [1.29, 1.82) is 0 Å². The Morgan fingerprint density at radius 1 is 1.06 bits per heavy atom. The lowest BCUT2D eigenvalue weighted by Gasteiger charge is -2.29. The highest BCUT2D eigenvalue weighted by Crippen LogP contribution is 2.32. The normalized spacial score (nSPS) is 11.8. The molecule has 0 saturated heterocycles. The third kappa shape index (κ3) is 3.18. The second kappa shape index (κ2) is 5.62. The zero-order valence-electron chi connectivity index (χ0n) is 9.69. The zero-order valence-corrected chi connectivity index (χ0v) is 10.5. The average Bonchev–Trinajstić information content (AvgIpc) is 2.25. The Kier molecular flexibility index (Phi) is 4.72. The molecule has 0 unspecified atom stereocenters. The predicted molar refractivity (Wildman–Crippen MR) is 63.8 cm³/mol. The van der Waals surface area contributed by atoms with E-state index in [2.05, 4.69) is 13.8 Å². The van der Waals surface area contributed by atoms with Gasteiger partial charge >= 0.3 is 0 Å². The van der Waals surface area contributed by atoms with Gasteiger partial charge in [0, 0.05) is 11.9 Å². The molecule has 0 atom stereocenters. The topological polar surface area (TPSA) is 0 Å². The van der Waals surface area contributed by atoms with E-state index in [4.69, 9.17) is 11.6 Å². The Morgan fingerprint density at radius 2 is 1.56 bits per heavy atom. The minimum atomic E-state index is -0.523. The highest BCUT2D eigenvalue weighted by molar-refractivity contribution is 6.18. The van der Waals surface area contributed by atoms with Gasteiger partial charge in [0.15, 0.2) is 0 Å². The van der Waals surface area contributed by atoms with Gasteiger partial charge in [0.2, 0.25) is 0 Å². The van der Waals surface area contributed by atoms with Crippen LogP contribution in [0.3, 0.4) is 0 Å². The van der Waals surface area contributed by atoms with Crippen LogP contribution in [0, 0.1) is 17.0 Å². The fraction of sp³-hybridized carbons (Fsp3) is 0.538. The summed E-state index contributed by atoms with van der Waals surface area (Å²) in [6.07, 6.45) is 2.44. The van der Waals surface area contributed by atoms with Crippen molar-refractivity contribution in [2.24, 2.45) is 5.41 Å². The molecule has 0 aliphatic rings. The predicted octanol–water partition coefficient (Wildman–Crippen LogP) is 4.55. The van der Waals surface area contributed by atoms with Crippen LogP contribution in [0.1, 0.15) is 32.3 Å². The average molecular weight is 247 g/mol. The van der Waals surface area contributed by atoms with Crippen LogP contribution < -0.4 is 0 Å². The number of benzene rings is 1. The van der Waals surface area contributed by atoms with Crippen molar-refractivity contribution in [3.8, 4) is 0 Å². The summed E-state index contributed by atoms with van der Waals surface area (Å²) in [5.41, 5.74) is 0.628. The van der Waals surface area contributed by atoms with Crippen molar-refractivity contribution in [3.63, 3.8) is 0 Å². The zero-order chi connectivity index (χ0) is 12.2. The van der Waals surface area contributed by atoms with E-state index >= 15 is 0 Å². The lowest BCUT2D eigenvalue weighted by atomic mass is 9.79. The van der Waals surface area contributed by atoms with Gasteiger partial charge in [-0.1, -0.05) is 13.8 Å². The van der Waals surface area contributed by atoms with Crippen molar-refractivity contribution >= 4 is 11.6 Å². The highest BCUT2D eigenvalue weighted by Gasteiger charge is 2.25. The molecule has 0 amide bonds. The fourth-order valence-electron chi connectivity index (χ4n) is 1.88. The molecule has 0 saturated carbocycles. The number of halogens is 3. The van der Waals surface area contributed by atoms with Crippen molar-refractivity contribution in [3.05, 3.63) is 35.4 Å². The summed E-state index contributed by atoms with van der Waals surface area (Å²) < 4.78 is 26.1. The third-order valence-electron chi connectivity index (χ3n) is 3.28. The number of rotatable bonds is 5. The molecule has 0 spiro atoms. The molecule has 0 bridgehead atoms. The van der Waals surface area contributed by atoms with Crippen LogP contribution in [-0.4, -0.2) is 5.88 Å². The molecule has 3 heteroatoms. The van der Waals surface area contributed by atoms with Crippen molar-refractivity contribution in [2.75, 3.05) is 5.88 Å². The molecule has 0 aromatic heterocycles. The smallest absolute Gasteiger partial charge is 0.126 e. The first-order chi connectivity index (χ1) is 7.55. The molecule has 0 radical (unpaired) electrons. The van der Waals surface area contributed by atoms with E-state index < -0.39 is 11.6 Å². The monoisotopic (exact) mass is 246 g/mol. The maximum absolute atomic E-state index is 13.0. The molecule has 0 fully saturated rings. The van der Waals surface area contributed by atoms with Gasteiger partial charge in [-0.2, -0.15) is 0 Å². The van der Waals surface area contributed by atoms with Gasteiger partial charge in [-0.25, -0.2) is 8.78 Å². The molecule has 0 aliphatic heterocycles. The molecule has 16 heavy (non-hydrogen) atoms. The lowest BCUT2D eigenvalue weighted by molar-refractivity contribution is 0.301. The van der Waals surface area contributed by atoms with Gasteiger partial charge in [0.1, 0.15) is 11.6 Å². The molecule has 90 valence electrons. The molecule has 0 nitrogen and oxygen atoms in total. The van der Waals surface area contributed by atoms with Gasteiger partial charge in [-0.05, 0) is 42.4 Å². The molecule has 0 aliphatic carbocycles. The van der Waals surface area contributed by atoms with E-state index in [1.54, 1.807) is 0 Å².